The molecule has 3 heteroatoms. The van der Waals surface area contributed by atoms with E-state index in [0.717, 1.165) is 19.6 Å². The Morgan fingerprint density at radius 1 is 1.41 bits per heavy atom. The zero-order valence-electron chi connectivity index (χ0n) is 10.3. The van der Waals surface area contributed by atoms with Crippen LogP contribution in [0.2, 0.25) is 0 Å². The number of nitriles is 1. The normalized spacial score (nSPS) is 17.5. The summed E-state index contributed by atoms with van der Waals surface area (Å²) in [5.74, 6) is 0. The molecule has 1 aliphatic rings. The van der Waals surface area contributed by atoms with Crippen LogP contribution in [0.4, 0.5) is 0 Å². The molecule has 1 fully saturated rings. The second-order valence-electron chi connectivity index (χ2n) is 4.43. The highest BCUT2D eigenvalue weighted by Crippen LogP contribution is 2.26. The molecular weight excluding hydrogens is 210 g/mol. The molecule has 1 aliphatic heterocycles. The summed E-state index contributed by atoms with van der Waals surface area (Å²) in [6.07, 6.45) is 0.564. The quantitative estimate of drug-likeness (QED) is 0.838. The standard InChI is InChI=1S/C14H19N3/c1-2-17(13-10-16-11-13)14(8-9-15)12-6-4-3-5-7-12/h3-7,13-14,16H,2,8,10-11H2,1H3. The number of likely N-dealkylation sites (N-methyl/N-ethyl adjacent to an activating group) is 1. The van der Waals surface area contributed by atoms with Crippen molar-refractivity contribution < 1.29 is 0 Å². The maximum Gasteiger partial charge on any atom is 0.0641 e. The zero-order chi connectivity index (χ0) is 12.1. The molecule has 2 rings (SSSR count). The molecule has 1 heterocycles. The largest absolute Gasteiger partial charge is 0.314 e. The molecule has 0 spiro atoms. The van der Waals surface area contributed by atoms with Gasteiger partial charge in [-0.2, -0.15) is 5.26 Å². The average Bonchev–Trinajstić information content (AvgIpc) is 2.32. The summed E-state index contributed by atoms with van der Waals surface area (Å²) in [5, 5.41) is 12.3. The molecule has 1 N–H and O–H groups in total. The molecule has 0 saturated carbocycles. The summed E-state index contributed by atoms with van der Waals surface area (Å²) in [6, 6.07) is 13.5. The minimum Gasteiger partial charge on any atom is -0.314 e. The lowest BCUT2D eigenvalue weighted by Gasteiger charge is -2.42. The highest BCUT2D eigenvalue weighted by Gasteiger charge is 2.29. The van der Waals surface area contributed by atoms with Gasteiger partial charge in [0.05, 0.1) is 12.5 Å². The fraction of sp³-hybridized carbons (Fsp3) is 0.500. The summed E-state index contributed by atoms with van der Waals surface area (Å²) in [4.78, 5) is 2.44. The van der Waals surface area contributed by atoms with Gasteiger partial charge in [0.1, 0.15) is 0 Å². The molecule has 3 nitrogen and oxygen atoms in total. The van der Waals surface area contributed by atoms with Crippen molar-refractivity contribution in [3.05, 3.63) is 35.9 Å². The van der Waals surface area contributed by atoms with Crippen molar-refractivity contribution in [3.8, 4) is 6.07 Å². The van der Waals surface area contributed by atoms with E-state index >= 15 is 0 Å². The molecular formula is C14H19N3. The van der Waals surface area contributed by atoms with Gasteiger partial charge in [0.2, 0.25) is 0 Å². The molecule has 0 aromatic heterocycles. The van der Waals surface area contributed by atoms with Crippen LogP contribution in [0.25, 0.3) is 0 Å². The summed E-state index contributed by atoms with van der Waals surface area (Å²) in [7, 11) is 0. The first kappa shape index (κ1) is 12.1. The van der Waals surface area contributed by atoms with Gasteiger partial charge in [-0.05, 0) is 12.1 Å². The van der Waals surface area contributed by atoms with E-state index in [2.05, 4.69) is 35.3 Å². The van der Waals surface area contributed by atoms with E-state index in [1.54, 1.807) is 0 Å². The van der Waals surface area contributed by atoms with Crippen LogP contribution in [0.5, 0.6) is 0 Å². The molecule has 0 bridgehead atoms. The smallest absolute Gasteiger partial charge is 0.0641 e. The summed E-state index contributed by atoms with van der Waals surface area (Å²) in [5.41, 5.74) is 1.25. The minimum atomic E-state index is 0.235. The lowest BCUT2D eigenvalue weighted by atomic mass is 9.99. The maximum absolute atomic E-state index is 9.02. The number of nitrogens with one attached hydrogen (secondary N) is 1. The SMILES string of the molecule is CCN(C1CNC1)C(CC#N)c1ccccc1. The van der Waals surface area contributed by atoms with Crippen LogP contribution in [0.1, 0.15) is 24.9 Å². The lowest BCUT2D eigenvalue weighted by Crippen LogP contribution is -2.57. The molecule has 90 valence electrons. The second kappa shape index (κ2) is 5.81. The van der Waals surface area contributed by atoms with Gasteiger partial charge in [-0.3, -0.25) is 4.90 Å². The van der Waals surface area contributed by atoms with Crippen LogP contribution in [-0.4, -0.2) is 30.6 Å². The van der Waals surface area contributed by atoms with Gasteiger partial charge >= 0.3 is 0 Å². The Kier molecular flexibility index (Phi) is 4.13. The Morgan fingerprint density at radius 2 is 2.12 bits per heavy atom. The molecule has 0 radical (unpaired) electrons. The Bertz CT molecular complexity index is 378. The van der Waals surface area contributed by atoms with Crippen molar-refractivity contribution in [2.24, 2.45) is 0 Å². The van der Waals surface area contributed by atoms with Crippen LogP contribution in [0.3, 0.4) is 0 Å². The van der Waals surface area contributed by atoms with E-state index in [1.165, 1.54) is 5.56 Å². The summed E-state index contributed by atoms with van der Waals surface area (Å²) in [6.45, 7) is 5.25. The third-order valence-corrected chi connectivity index (χ3v) is 3.46. The fourth-order valence-corrected chi connectivity index (χ4v) is 2.43. The number of rotatable bonds is 5. The first-order valence-corrected chi connectivity index (χ1v) is 6.25. The van der Waals surface area contributed by atoms with Crippen molar-refractivity contribution in [2.45, 2.75) is 25.4 Å². The van der Waals surface area contributed by atoms with Gasteiger partial charge < -0.3 is 5.32 Å². The van der Waals surface area contributed by atoms with E-state index < -0.39 is 0 Å². The third kappa shape index (κ3) is 2.66. The predicted octanol–water partition coefficient (Wildman–Crippen LogP) is 1.94. The van der Waals surface area contributed by atoms with Gasteiger partial charge in [0, 0.05) is 25.2 Å². The molecule has 1 atom stereocenters. The van der Waals surface area contributed by atoms with Crippen LogP contribution in [0.15, 0.2) is 30.3 Å². The fourth-order valence-electron chi connectivity index (χ4n) is 2.43. The highest BCUT2D eigenvalue weighted by molar-refractivity contribution is 5.20. The van der Waals surface area contributed by atoms with E-state index in [-0.39, 0.29) is 6.04 Å². The van der Waals surface area contributed by atoms with Crippen LogP contribution >= 0.6 is 0 Å². The van der Waals surface area contributed by atoms with Crippen LogP contribution in [0, 0.1) is 11.3 Å². The third-order valence-electron chi connectivity index (χ3n) is 3.46. The van der Waals surface area contributed by atoms with Crippen molar-refractivity contribution >= 4 is 0 Å². The van der Waals surface area contributed by atoms with Crippen LogP contribution < -0.4 is 5.32 Å². The summed E-state index contributed by atoms with van der Waals surface area (Å²) >= 11 is 0. The van der Waals surface area contributed by atoms with Crippen LogP contribution in [-0.2, 0) is 0 Å². The molecule has 1 aromatic rings. The van der Waals surface area contributed by atoms with E-state index in [1.807, 2.05) is 18.2 Å². The Hall–Kier alpha value is -1.37. The van der Waals surface area contributed by atoms with E-state index in [4.69, 9.17) is 5.26 Å². The van der Waals surface area contributed by atoms with Gasteiger partial charge in [0.15, 0.2) is 0 Å². The topological polar surface area (TPSA) is 39.1 Å². The maximum atomic E-state index is 9.02. The molecule has 0 amide bonds. The molecule has 0 aliphatic carbocycles. The molecule has 1 aromatic carbocycles. The Labute approximate surface area is 103 Å². The first-order chi connectivity index (χ1) is 8.36. The van der Waals surface area contributed by atoms with Gasteiger partial charge in [0.25, 0.3) is 0 Å². The number of hydrogen-bond acceptors (Lipinski definition) is 3. The second-order valence-corrected chi connectivity index (χ2v) is 4.43. The van der Waals surface area contributed by atoms with Gasteiger partial charge in [-0.25, -0.2) is 0 Å². The molecule has 17 heavy (non-hydrogen) atoms. The van der Waals surface area contributed by atoms with E-state index in [0.29, 0.717) is 12.5 Å². The number of benzene rings is 1. The predicted molar refractivity (Wildman–Crippen MR) is 68.5 cm³/mol. The number of nitrogens with zero attached hydrogens (tertiary/aromatic N) is 2. The molecule has 1 unspecified atom stereocenters. The van der Waals surface area contributed by atoms with Gasteiger partial charge in [-0.1, -0.05) is 37.3 Å². The van der Waals surface area contributed by atoms with Crippen molar-refractivity contribution in [2.75, 3.05) is 19.6 Å². The highest BCUT2D eigenvalue weighted by atomic mass is 15.2. The number of hydrogen-bond donors (Lipinski definition) is 1. The monoisotopic (exact) mass is 229 g/mol. The van der Waals surface area contributed by atoms with Crippen molar-refractivity contribution in [1.82, 2.24) is 10.2 Å². The first-order valence-electron chi connectivity index (χ1n) is 6.25. The zero-order valence-corrected chi connectivity index (χ0v) is 10.3. The molecule has 1 saturated heterocycles. The lowest BCUT2D eigenvalue weighted by molar-refractivity contribution is 0.102. The van der Waals surface area contributed by atoms with E-state index in [9.17, 15) is 0 Å². The summed E-state index contributed by atoms with van der Waals surface area (Å²) < 4.78 is 0. The Morgan fingerprint density at radius 3 is 2.59 bits per heavy atom. The average molecular weight is 229 g/mol. The minimum absolute atomic E-state index is 0.235. The van der Waals surface area contributed by atoms with Crippen molar-refractivity contribution in [1.29, 1.82) is 5.26 Å². The van der Waals surface area contributed by atoms with Crippen molar-refractivity contribution in [3.63, 3.8) is 0 Å². The van der Waals surface area contributed by atoms with Gasteiger partial charge in [-0.15, -0.1) is 0 Å². The Balaban J connectivity index is 2.18.